The summed E-state index contributed by atoms with van der Waals surface area (Å²) < 4.78 is 5.06. The van der Waals surface area contributed by atoms with E-state index in [1.807, 2.05) is 11.3 Å². The molecule has 0 N–H and O–H groups in total. The van der Waals surface area contributed by atoms with Gasteiger partial charge in [-0.05, 0) is 95.1 Å². The lowest BCUT2D eigenvalue weighted by Gasteiger charge is -2.26. The Kier molecular flexibility index (Phi) is 7.04. The fourth-order valence-electron chi connectivity index (χ4n) is 7.59. The Morgan fingerprint density at radius 1 is 0.333 bits per heavy atom. The highest BCUT2D eigenvalue weighted by molar-refractivity contribution is 7.25. The normalized spacial score (nSPS) is 11.5. The summed E-state index contributed by atoms with van der Waals surface area (Å²) >= 11 is 1.87. The molecule has 0 unspecified atom stereocenters. The second kappa shape index (κ2) is 12.2. The highest BCUT2D eigenvalue weighted by Gasteiger charge is 2.17. The van der Waals surface area contributed by atoms with Crippen LogP contribution in [0, 0.1) is 0 Å². The van der Waals surface area contributed by atoms with Crippen molar-refractivity contribution < 1.29 is 0 Å². The molecule has 2 heterocycles. The van der Waals surface area contributed by atoms with Gasteiger partial charge in [-0.3, -0.25) is 0 Å². The average Bonchev–Trinajstić information content (AvgIpc) is 3.74. The third-order valence-electron chi connectivity index (χ3n) is 9.96. The molecule has 0 aliphatic carbocycles. The Labute approximate surface area is 300 Å². The summed E-state index contributed by atoms with van der Waals surface area (Å²) in [5.41, 5.74) is 11.7. The van der Waals surface area contributed by atoms with E-state index in [2.05, 4.69) is 204 Å². The third-order valence-corrected chi connectivity index (χ3v) is 11.1. The van der Waals surface area contributed by atoms with Crippen molar-refractivity contribution in [2.24, 2.45) is 0 Å². The predicted octanol–water partition coefficient (Wildman–Crippen LogP) is 14.0. The van der Waals surface area contributed by atoms with Gasteiger partial charge in [-0.2, -0.15) is 0 Å². The van der Waals surface area contributed by atoms with Gasteiger partial charge >= 0.3 is 0 Å². The molecule has 240 valence electrons. The van der Waals surface area contributed by atoms with E-state index in [4.69, 9.17) is 0 Å². The molecule has 0 aliphatic rings. The number of fused-ring (bicyclic) bond motifs is 6. The lowest BCUT2D eigenvalue weighted by Crippen LogP contribution is -2.10. The summed E-state index contributed by atoms with van der Waals surface area (Å²) in [5.74, 6) is 0. The molecule has 2 aromatic heterocycles. The van der Waals surface area contributed by atoms with Crippen molar-refractivity contribution in [1.29, 1.82) is 0 Å². The monoisotopic (exact) mass is 668 g/mol. The topological polar surface area (TPSA) is 8.17 Å². The number of para-hydroxylation sites is 2. The predicted molar refractivity (Wildman–Crippen MR) is 219 cm³/mol. The van der Waals surface area contributed by atoms with Crippen LogP contribution in [0.2, 0.25) is 0 Å². The maximum Gasteiger partial charge on any atom is 0.0541 e. The number of nitrogens with zero attached hydrogens (tertiary/aromatic N) is 2. The van der Waals surface area contributed by atoms with Crippen LogP contribution in [0.5, 0.6) is 0 Å². The van der Waals surface area contributed by atoms with Gasteiger partial charge in [0.15, 0.2) is 0 Å². The van der Waals surface area contributed by atoms with Crippen LogP contribution in [-0.2, 0) is 0 Å². The summed E-state index contributed by atoms with van der Waals surface area (Å²) in [6, 6.07) is 70.3. The molecule has 10 aromatic rings. The maximum absolute atomic E-state index is 2.42. The minimum Gasteiger partial charge on any atom is -0.310 e. The first-order chi connectivity index (χ1) is 25.3. The van der Waals surface area contributed by atoms with Gasteiger partial charge in [-0.15, -0.1) is 11.3 Å². The Morgan fingerprint density at radius 2 is 0.902 bits per heavy atom. The Balaban J connectivity index is 1.09. The van der Waals surface area contributed by atoms with E-state index in [0.29, 0.717) is 0 Å². The molecule has 10 rings (SSSR count). The number of hydrogen-bond acceptors (Lipinski definition) is 2. The SMILES string of the molecule is c1ccc(-c2cccc(N(c3ccccc3)c3cccc(-c4ccc5c(c4)c4ccccc4n5-c4ccc5c(c4)sc4ccccc45)c3)c2)cc1. The summed E-state index contributed by atoms with van der Waals surface area (Å²) in [6.45, 7) is 0. The van der Waals surface area contributed by atoms with Crippen LogP contribution in [0.25, 0.3) is 69.9 Å². The van der Waals surface area contributed by atoms with Gasteiger partial charge in [-0.1, -0.05) is 121 Å². The van der Waals surface area contributed by atoms with E-state index < -0.39 is 0 Å². The van der Waals surface area contributed by atoms with Gasteiger partial charge < -0.3 is 9.47 Å². The van der Waals surface area contributed by atoms with Crippen molar-refractivity contribution >= 4 is 70.4 Å². The van der Waals surface area contributed by atoms with Gasteiger partial charge in [0, 0.05) is 53.7 Å². The standard InChI is InChI=1S/C48H32N2S/c1-3-13-33(14-4-1)34-15-11-19-38(29-34)49(37-17-5-2-6-18-37)39-20-12-16-35(30-39)36-25-28-46-44(31-36)41-21-7-9-23-45(41)50(46)40-26-27-43-42-22-8-10-24-47(42)51-48(43)32-40/h1-32H. The van der Waals surface area contributed by atoms with Gasteiger partial charge in [0.1, 0.15) is 0 Å². The average molecular weight is 669 g/mol. The van der Waals surface area contributed by atoms with Gasteiger partial charge in [0.25, 0.3) is 0 Å². The third kappa shape index (κ3) is 5.10. The van der Waals surface area contributed by atoms with E-state index >= 15 is 0 Å². The minimum atomic E-state index is 1.11. The van der Waals surface area contributed by atoms with Crippen LogP contribution >= 0.6 is 11.3 Å². The molecule has 3 heteroatoms. The largest absolute Gasteiger partial charge is 0.310 e. The van der Waals surface area contributed by atoms with E-state index in [1.54, 1.807) is 0 Å². The van der Waals surface area contributed by atoms with Crippen molar-refractivity contribution in [3.05, 3.63) is 194 Å². The lowest BCUT2D eigenvalue weighted by molar-refractivity contribution is 1.19. The fraction of sp³-hybridized carbons (Fsp3) is 0. The molecule has 51 heavy (non-hydrogen) atoms. The molecule has 0 atom stereocenters. The lowest BCUT2D eigenvalue weighted by atomic mass is 10.0. The summed E-state index contributed by atoms with van der Waals surface area (Å²) in [4.78, 5) is 2.35. The van der Waals surface area contributed by atoms with Crippen LogP contribution in [0.1, 0.15) is 0 Å². The number of anilines is 3. The van der Waals surface area contributed by atoms with E-state index in [9.17, 15) is 0 Å². The van der Waals surface area contributed by atoms with Crippen LogP contribution in [0.15, 0.2) is 194 Å². The second-order valence-corrected chi connectivity index (χ2v) is 14.1. The molecule has 0 bridgehead atoms. The van der Waals surface area contributed by atoms with Crippen LogP contribution in [-0.4, -0.2) is 4.57 Å². The molecule has 0 amide bonds. The summed E-state index contributed by atoms with van der Waals surface area (Å²) in [5, 5.41) is 5.15. The fourth-order valence-corrected chi connectivity index (χ4v) is 8.73. The highest BCUT2D eigenvalue weighted by Crippen LogP contribution is 2.41. The van der Waals surface area contributed by atoms with E-state index in [0.717, 1.165) is 17.1 Å². The second-order valence-electron chi connectivity index (χ2n) is 13.0. The van der Waals surface area contributed by atoms with Gasteiger partial charge in [0.2, 0.25) is 0 Å². The molecule has 2 nitrogen and oxygen atoms in total. The van der Waals surface area contributed by atoms with Crippen molar-refractivity contribution in [2.75, 3.05) is 4.90 Å². The molecule has 8 aromatic carbocycles. The number of benzene rings is 8. The van der Waals surface area contributed by atoms with Gasteiger partial charge in [-0.25, -0.2) is 0 Å². The Bertz CT molecular complexity index is 2860. The zero-order valence-corrected chi connectivity index (χ0v) is 28.6. The number of aromatic nitrogens is 1. The van der Waals surface area contributed by atoms with E-state index in [1.165, 1.54) is 69.9 Å². The smallest absolute Gasteiger partial charge is 0.0541 e. The highest BCUT2D eigenvalue weighted by atomic mass is 32.1. The molecular weight excluding hydrogens is 637 g/mol. The van der Waals surface area contributed by atoms with E-state index in [-0.39, 0.29) is 0 Å². The Hall–Kier alpha value is -6.42. The van der Waals surface area contributed by atoms with Crippen LogP contribution in [0.3, 0.4) is 0 Å². The first-order valence-corrected chi connectivity index (χ1v) is 18.2. The van der Waals surface area contributed by atoms with Crippen molar-refractivity contribution in [3.8, 4) is 27.9 Å². The number of thiophene rings is 1. The first kappa shape index (κ1) is 29.5. The molecule has 0 radical (unpaired) electrons. The molecule has 0 saturated carbocycles. The molecule has 0 aliphatic heterocycles. The number of rotatable bonds is 6. The van der Waals surface area contributed by atoms with Crippen molar-refractivity contribution in [2.45, 2.75) is 0 Å². The summed E-state index contributed by atoms with van der Waals surface area (Å²) in [6.07, 6.45) is 0. The zero-order valence-electron chi connectivity index (χ0n) is 27.8. The molecular formula is C48H32N2S. The van der Waals surface area contributed by atoms with Crippen molar-refractivity contribution in [3.63, 3.8) is 0 Å². The maximum atomic E-state index is 2.42. The quantitative estimate of drug-likeness (QED) is 0.171. The number of hydrogen-bond donors (Lipinski definition) is 0. The first-order valence-electron chi connectivity index (χ1n) is 17.3. The molecule has 0 fully saturated rings. The minimum absolute atomic E-state index is 1.11. The van der Waals surface area contributed by atoms with Crippen LogP contribution < -0.4 is 4.90 Å². The van der Waals surface area contributed by atoms with Gasteiger partial charge in [0.05, 0.1) is 11.0 Å². The van der Waals surface area contributed by atoms with Crippen molar-refractivity contribution in [1.82, 2.24) is 4.57 Å². The van der Waals surface area contributed by atoms with Crippen LogP contribution in [0.4, 0.5) is 17.1 Å². The zero-order chi connectivity index (χ0) is 33.7. The Morgan fingerprint density at radius 3 is 1.69 bits per heavy atom. The summed E-state index contributed by atoms with van der Waals surface area (Å²) in [7, 11) is 0. The molecule has 0 spiro atoms. The molecule has 0 saturated heterocycles.